The first-order chi connectivity index (χ1) is 10.7. The first kappa shape index (κ1) is 16.6. The van der Waals surface area contributed by atoms with E-state index in [-0.39, 0.29) is 6.04 Å². The molecule has 0 aliphatic heterocycles. The number of nitrogens with one attached hydrogen (secondary N) is 1. The quantitative estimate of drug-likeness (QED) is 0.845. The molecule has 0 fully saturated rings. The Kier molecular flexibility index (Phi) is 6.04. The third-order valence-corrected chi connectivity index (χ3v) is 3.82. The van der Waals surface area contributed by atoms with Crippen LogP contribution in [0.3, 0.4) is 0 Å². The van der Waals surface area contributed by atoms with E-state index in [0.29, 0.717) is 10.8 Å². The Balaban J connectivity index is 2.02. The average molecular weight is 321 g/mol. The summed E-state index contributed by atoms with van der Waals surface area (Å²) in [6, 6.07) is 9.76. The van der Waals surface area contributed by atoms with Crippen molar-refractivity contribution in [3.05, 3.63) is 52.8 Å². The van der Waals surface area contributed by atoms with Crippen molar-refractivity contribution in [1.29, 1.82) is 0 Å². The summed E-state index contributed by atoms with van der Waals surface area (Å²) in [5.74, 6) is 1.38. The second kappa shape index (κ2) is 8.01. The van der Waals surface area contributed by atoms with Crippen LogP contribution in [0.15, 0.2) is 36.5 Å². The number of aromatic nitrogens is 1. The van der Waals surface area contributed by atoms with Gasteiger partial charge in [-0.1, -0.05) is 17.7 Å². The number of halogens is 1. The molecule has 1 heterocycles. The Hall–Kier alpha value is -1.78. The van der Waals surface area contributed by atoms with Crippen molar-refractivity contribution in [2.24, 2.45) is 0 Å². The van der Waals surface area contributed by atoms with Gasteiger partial charge in [-0.2, -0.15) is 0 Å². The zero-order chi connectivity index (χ0) is 15.9. The van der Waals surface area contributed by atoms with Crippen molar-refractivity contribution in [2.45, 2.75) is 19.4 Å². The smallest absolute Gasteiger partial charge is 0.141 e. The summed E-state index contributed by atoms with van der Waals surface area (Å²) in [4.78, 5) is 4.32. The van der Waals surface area contributed by atoms with E-state index in [1.165, 1.54) is 0 Å². The molecule has 0 bridgehead atoms. The lowest BCUT2D eigenvalue weighted by Gasteiger charge is -2.19. The number of hydrogen-bond acceptors (Lipinski definition) is 4. The van der Waals surface area contributed by atoms with Crippen molar-refractivity contribution in [3.8, 4) is 11.5 Å². The van der Waals surface area contributed by atoms with Gasteiger partial charge in [0, 0.05) is 42.5 Å². The lowest BCUT2D eigenvalue weighted by Crippen LogP contribution is -2.22. The lowest BCUT2D eigenvalue weighted by molar-refractivity contribution is 0.386. The Morgan fingerprint density at radius 2 is 1.95 bits per heavy atom. The standard InChI is InChI=1S/C17H21ClN2O2/c1-12(19-9-7-13-6-4-5-8-20-13)14-10-15(18)17(22-3)11-16(14)21-2/h4-6,8,10-12,19H,7,9H2,1-3H3/t12-/m0/s1. The van der Waals surface area contributed by atoms with Crippen LogP contribution in [0.5, 0.6) is 11.5 Å². The van der Waals surface area contributed by atoms with Crippen molar-refractivity contribution >= 4 is 11.6 Å². The fraction of sp³-hybridized carbons (Fsp3) is 0.353. The van der Waals surface area contributed by atoms with Crippen LogP contribution in [0.2, 0.25) is 5.02 Å². The Labute approximate surface area is 136 Å². The largest absolute Gasteiger partial charge is 0.496 e. The molecule has 0 amide bonds. The molecule has 118 valence electrons. The van der Waals surface area contributed by atoms with Gasteiger partial charge < -0.3 is 14.8 Å². The minimum Gasteiger partial charge on any atom is -0.496 e. The molecular formula is C17H21ClN2O2. The molecule has 0 aliphatic rings. The van der Waals surface area contributed by atoms with Gasteiger partial charge in [0.05, 0.1) is 19.2 Å². The molecule has 0 saturated heterocycles. The van der Waals surface area contributed by atoms with E-state index >= 15 is 0 Å². The number of hydrogen-bond donors (Lipinski definition) is 1. The van der Waals surface area contributed by atoms with Crippen molar-refractivity contribution in [1.82, 2.24) is 10.3 Å². The minimum absolute atomic E-state index is 0.113. The number of methoxy groups -OCH3 is 2. The zero-order valence-corrected chi connectivity index (χ0v) is 13.9. The molecule has 1 aromatic carbocycles. The molecule has 1 atom stereocenters. The van der Waals surface area contributed by atoms with Gasteiger partial charge in [0.2, 0.25) is 0 Å². The van der Waals surface area contributed by atoms with E-state index in [4.69, 9.17) is 21.1 Å². The van der Waals surface area contributed by atoms with Gasteiger partial charge in [0.25, 0.3) is 0 Å². The van der Waals surface area contributed by atoms with E-state index < -0.39 is 0 Å². The Morgan fingerprint density at radius 1 is 1.18 bits per heavy atom. The average Bonchev–Trinajstić information content (AvgIpc) is 2.55. The normalized spacial score (nSPS) is 12.0. The maximum Gasteiger partial charge on any atom is 0.141 e. The van der Waals surface area contributed by atoms with Gasteiger partial charge in [-0.05, 0) is 25.1 Å². The van der Waals surface area contributed by atoms with Crippen LogP contribution < -0.4 is 14.8 Å². The molecule has 2 aromatic rings. The molecule has 5 heteroatoms. The summed E-state index contributed by atoms with van der Waals surface area (Å²) >= 11 is 6.21. The van der Waals surface area contributed by atoms with Gasteiger partial charge in [-0.15, -0.1) is 0 Å². The van der Waals surface area contributed by atoms with Gasteiger partial charge in [0.1, 0.15) is 11.5 Å². The van der Waals surface area contributed by atoms with Crippen molar-refractivity contribution < 1.29 is 9.47 Å². The highest BCUT2D eigenvalue weighted by molar-refractivity contribution is 6.32. The highest BCUT2D eigenvalue weighted by Gasteiger charge is 2.15. The number of ether oxygens (including phenoxy) is 2. The van der Waals surface area contributed by atoms with E-state index in [1.54, 1.807) is 14.2 Å². The van der Waals surface area contributed by atoms with Crippen LogP contribution in [-0.2, 0) is 6.42 Å². The van der Waals surface area contributed by atoms with Crippen molar-refractivity contribution in [2.75, 3.05) is 20.8 Å². The number of rotatable bonds is 7. The first-order valence-electron chi connectivity index (χ1n) is 7.20. The predicted molar refractivity (Wildman–Crippen MR) is 88.9 cm³/mol. The summed E-state index contributed by atoms with van der Waals surface area (Å²) < 4.78 is 10.7. The maximum atomic E-state index is 6.21. The summed E-state index contributed by atoms with van der Waals surface area (Å²) in [5.41, 5.74) is 2.08. The maximum absolute atomic E-state index is 6.21. The summed E-state index contributed by atoms with van der Waals surface area (Å²) in [5, 5.41) is 4.05. The monoisotopic (exact) mass is 320 g/mol. The Morgan fingerprint density at radius 3 is 2.59 bits per heavy atom. The molecule has 0 saturated carbocycles. The molecular weight excluding hydrogens is 300 g/mol. The highest BCUT2D eigenvalue weighted by atomic mass is 35.5. The predicted octanol–water partition coefficient (Wildman–Crippen LogP) is 3.65. The van der Waals surface area contributed by atoms with Crippen LogP contribution in [0.1, 0.15) is 24.2 Å². The molecule has 22 heavy (non-hydrogen) atoms. The summed E-state index contributed by atoms with van der Waals surface area (Å²) in [6.45, 7) is 2.91. The Bertz CT molecular complexity index is 605. The number of benzene rings is 1. The molecule has 0 unspecified atom stereocenters. The second-order valence-corrected chi connectivity index (χ2v) is 5.38. The topological polar surface area (TPSA) is 43.4 Å². The van der Waals surface area contributed by atoms with E-state index in [9.17, 15) is 0 Å². The van der Waals surface area contributed by atoms with Crippen LogP contribution in [0.4, 0.5) is 0 Å². The fourth-order valence-corrected chi connectivity index (χ4v) is 2.54. The van der Waals surface area contributed by atoms with Crippen LogP contribution >= 0.6 is 11.6 Å². The minimum atomic E-state index is 0.113. The number of nitrogens with zero attached hydrogens (tertiary/aromatic N) is 1. The fourth-order valence-electron chi connectivity index (χ4n) is 2.29. The molecule has 0 radical (unpaired) electrons. The first-order valence-corrected chi connectivity index (χ1v) is 7.58. The molecule has 4 nitrogen and oxygen atoms in total. The summed E-state index contributed by atoms with van der Waals surface area (Å²) in [7, 11) is 3.24. The second-order valence-electron chi connectivity index (χ2n) is 4.98. The van der Waals surface area contributed by atoms with Crippen molar-refractivity contribution in [3.63, 3.8) is 0 Å². The van der Waals surface area contributed by atoms with Crippen LogP contribution in [-0.4, -0.2) is 25.7 Å². The third-order valence-electron chi connectivity index (χ3n) is 3.53. The zero-order valence-electron chi connectivity index (χ0n) is 13.1. The van der Waals surface area contributed by atoms with Crippen LogP contribution in [0, 0.1) is 0 Å². The van der Waals surface area contributed by atoms with Crippen LogP contribution in [0.25, 0.3) is 0 Å². The summed E-state index contributed by atoms with van der Waals surface area (Å²) in [6.07, 6.45) is 2.68. The van der Waals surface area contributed by atoms with Gasteiger partial charge in [-0.25, -0.2) is 0 Å². The SMILES string of the molecule is COc1cc(OC)c([C@H](C)NCCc2ccccn2)cc1Cl. The van der Waals surface area contributed by atoms with E-state index in [2.05, 4.69) is 17.2 Å². The molecule has 1 aromatic heterocycles. The lowest BCUT2D eigenvalue weighted by atomic mass is 10.1. The van der Waals surface area contributed by atoms with Gasteiger partial charge >= 0.3 is 0 Å². The third kappa shape index (κ3) is 4.12. The van der Waals surface area contributed by atoms with Gasteiger partial charge in [0.15, 0.2) is 0 Å². The molecule has 2 rings (SSSR count). The molecule has 0 aliphatic carbocycles. The highest BCUT2D eigenvalue weighted by Crippen LogP contribution is 2.35. The van der Waals surface area contributed by atoms with E-state index in [1.807, 2.05) is 36.5 Å². The molecule has 0 spiro atoms. The number of pyridine rings is 1. The molecule has 1 N–H and O–H groups in total. The van der Waals surface area contributed by atoms with Gasteiger partial charge in [-0.3, -0.25) is 4.98 Å². The van der Waals surface area contributed by atoms with E-state index in [0.717, 1.165) is 30.0 Å².